The van der Waals surface area contributed by atoms with E-state index in [1.54, 1.807) is 0 Å². The van der Waals surface area contributed by atoms with Gasteiger partial charge in [-0.1, -0.05) is 6.92 Å². The zero-order valence-corrected chi connectivity index (χ0v) is 13.2. The Morgan fingerprint density at radius 3 is 2.73 bits per heavy atom. The number of amides is 1. The number of carbonyl (C=O) groups excluding carboxylic acids is 1. The van der Waals surface area contributed by atoms with Crippen molar-refractivity contribution in [3.05, 3.63) is 24.0 Å². The van der Waals surface area contributed by atoms with E-state index in [1.807, 2.05) is 24.0 Å². The van der Waals surface area contributed by atoms with Crippen LogP contribution in [-0.2, 0) is 11.8 Å². The molecule has 116 valence electrons. The monoisotopic (exact) mass is 298 g/mol. The molecule has 2 aliphatic rings. The molecule has 0 unspecified atom stereocenters. The minimum Gasteiger partial charge on any atom is -0.342 e. The van der Waals surface area contributed by atoms with Gasteiger partial charge in [0.05, 0.1) is 5.69 Å². The van der Waals surface area contributed by atoms with Crippen LogP contribution in [0.25, 0.3) is 11.0 Å². The quantitative estimate of drug-likeness (QED) is 0.855. The minimum absolute atomic E-state index is 0.302. The van der Waals surface area contributed by atoms with Gasteiger partial charge in [0.15, 0.2) is 5.65 Å². The van der Waals surface area contributed by atoms with Crippen molar-refractivity contribution < 1.29 is 4.79 Å². The SMILES string of the molecule is C[C@@H]1C[C@H]1C(=O)N1CCC(c2nn(C)c3ncccc23)CC1. The van der Waals surface area contributed by atoms with Crippen molar-refractivity contribution in [2.24, 2.45) is 18.9 Å². The second-order valence-electron chi connectivity index (χ2n) is 6.80. The maximum absolute atomic E-state index is 12.3. The van der Waals surface area contributed by atoms with Crippen LogP contribution < -0.4 is 0 Å². The molecule has 0 bridgehead atoms. The Labute approximate surface area is 130 Å². The Morgan fingerprint density at radius 1 is 1.32 bits per heavy atom. The van der Waals surface area contributed by atoms with Gasteiger partial charge in [-0.2, -0.15) is 5.10 Å². The van der Waals surface area contributed by atoms with Gasteiger partial charge in [-0.3, -0.25) is 9.48 Å². The van der Waals surface area contributed by atoms with Crippen LogP contribution in [-0.4, -0.2) is 38.7 Å². The number of hydrogen-bond acceptors (Lipinski definition) is 3. The maximum Gasteiger partial charge on any atom is 0.225 e. The van der Waals surface area contributed by atoms with Crippen LogP contribution in [0.5, 0.6) is 0 Å². The second kappa shape index (κ2) is 5.07. The van der Waals surface area contributed by atoms with Gasteiger partial charge in [0.25, 0.3) is 0 Å². The number of piperidine rings is 1. The number of fused-ring (bicyclic) bond motifs is 1. The minimum atomic E-state index is 0.302. The molecule has 2 atom stereocenters. The summed E-state index contributed by atoms with van der Waals surface area (Å²) in [5.41, 5.74) is 2.10. The van der Waals surface area contributed by atoms with Crippen LogP contribution in [0.15, 0.2) is 18.3 Å². The van der Waals surface area contributed by atoms with E-state index >= 15 is 0 Å². The van der Waals surface area contributed by atoms with E-state index in [1.165, 1.54) is 0 Å². The lowest BCUT2D eigenvalue weighted by molar-refractivity contribution is -0.133. The van der Waals surface area contributed by atoms with Crippen molar-refractivity contribution in [1.82, 2.24) is 19.7 Å². The molecule has 2 fully saturated rings. The molecule has 1 amide bonds. The zero-order valence-electron chi connectivity index (χ0n) is 13.2. The van der Waals surface area contributed by atoms with E-state index in [9.17, 15) is 4.79 Å². The molecule has 0 N–H and O–H groups in total. The molecule has 1 saturated carbocycles. The Hall–Kier alpha value is -1.91. The van der Waals surface area contributed by atoms with Gasteiger partial charge in [-0.05, 0) is 37.3 Å². The Balaban J connectivity index is 1.50. The lowest BCUT2D eigenvalue weighted by Crippen LogP contribution is -2.39. The number of hydrogen-bond donors (Lipinski definition) is 0. The van der Waals surface area contributed by atoms with Crippen molar-refractivity contribution in [3.8, 4) is 0 Å². The molecule has 5 heteroatoms. The van der Waals surface area contributed by atoms with Gasteiger partial charge < -0.3 is 4.90 Å². The fourth-order valence-corrected chi connectivity index (χ4v) is 3.69. The van der Waals surface area contributed by atoms with Crippen LogP contribution in [0.3, 0.4) is 0 Å². The van der Waals surface area contributed by atoms with Gasteiger partial charge in [0, 0.05) is 43.6 Å². The fraction of sp³-hybridized carbons (Fsp3) is 0.588. The first-order valence-electron chi connectivity index (χ1n) is 8.21. The summed E-state index contributed by atoms with van der Waals surface area (Å²) in [6.45, 7) is 3.90. The molecular formula is C17H22N4O. The third-order valence-electron chi connectivity index (χ3n) is 5.25. The molecular weight excluding hydrogens is 276 g/mol. The third kappa shape index (κ3) is 2.19. The highest BCUT2D eigenvalue weighted by Crippen LogP contribution is 2.40. The van der Waals surface area contributed by atoms with E-state index in [-0.39, 0.29) is 0 Å². The Bertz CT molecular complexity index is 715. The highest BCUT2D eigenvalue weighted by atomic mass is 16.2. The smallest absolute Gasteiger partial charge is 0.225 e. The van der Waals surface area contributed by atoms with Crippen LogP contribution in [0.2, 0.25) is 0 Å². The third-order valence-corrected chi connectivity index (χ3v) is 5.25. The summed E-state index contributed by atoms with van der Waals surface area (Å²) in [6, 6.07) is 4.08. The standard InChI is InChI=1S/C17H22N4O/c1-11-10-14(11)17(22)21-8-5-12(6-9-21)15-13-4-3-7-18-16(13)20(2)19-15/h3-4,7,11-12,14H,5-6,8-10H2,1-2H3/t11-,14-/m1/s1. The first-order valence-corrected chi connectivity index (χ1v) is 8.21. The van der Waals surface area contributed by atoms with Gasteiger partial charge in [0.1, 0.15) is 0 Å². The molecule has 2 aromatic heterocycles. The first kappa shape index (κ1) is 13.7. The molecule has 5 nitrogen and oxygen atoms in total. The van der Waals surface area contributed by atoms with E-state index in [0.29, 0.717) is 23.7 Å². The highest BCUT2D eigenvalue weighted by Gasteiger charge is 2.42. The topological polar surface area (TPSA) is 51.0 Å². The molecule has 1 aliphatic carbocycles. The lowest BCUT2D eigenvalue weighted by atomic mass is 9.92. The summed E-state index contributed by atoms with van der Waals surface area (Å²) in [5, 5.41) is 5.85. The molecule has 0 radical (unpaired) electrons. The molecule has 22 heavy (non-hydrogen) atoms. The number of nitrogens with zero attached hydrogens (tertiary/aromatic N) is 4. The number of likely N-dealkylation sites (tertiary alicyclic amines) is 1. The average molecular weight is 298 g/mol. The Kier molecular flexibility index (Phi) is 3.17. The molecule has 3 heterocycles. The van der Waals surface area contributed by atoms with E-state index in [2.05, 4.69) is 22.9 Å². The number of carbonyl (C=O) groups is 1. The normalized spacial score (nSPS) is 25.6. The summed E-state index contributed by atoms with van der Waals surface area (Å²) >= 11 is 0. The first-order chi connectivity index (χ1) is 10.6. The number of aromatic nitrogens is 3. The van der Waals surface area contributed by atoms with Gasteiger partial charge in [-0.25, -0.2) is 4.98 Å². The van der Waals surface area contributed by atoms with Gasteiger partial charge in [0.2, 0.25) is 5.91 Å². The van der Waals surface area contributed by atoms with Crippen molar-refractivity contribution >= 4 is 16.9 Å². The van der Waals surface area contributed by atoms with Gasteiger partial charge in [-0.15, -0.1) is 0 Å². The van der Waals surface area contributed by atoms with Crippen molar-refractivity contribution in [1.29, 1.82) is 0 Å². The maximum atomic E-state index is 12.3. The van der Waals surface area contributed by atoms with E-state index in [4.69, 9.17) is 5.10 Å². The molecule has 4 rings (SSSR count). The second-order valence-corrected chi connectivity index (χ2v) is 6.80. The summed E-state index contributed by atoms with van der Waals surface area (Å²) in [4.78, 5) is 18.8. The van der Waals surface area contributed by atoms with Crippen molar-refractivity contribution in [2.45, 2.75) is 32.1 Å². The average Bonchev–Trinajstić information content (AvgIpc) is 3.19. The summed E-state index contributed by atoms with van der Waals surface area (Å²) in [5.74, 6) is 1.71. The number of aryl methyl sites for hydroxylation is 1. The summed E-state index contributed by atoms with van der Waals surface area (Å²) in [6.07, 6.45) is 4.91. The molecule has 1 saturated heterocycles. The van der Waals surface area contributed by atoms with Crippen LogP contribution >= 0.6 is 0 Å². The van der Waals surface area contributed by atoms with Crippen LogP contribution in [0, 0.1) is 11.8 Å². The largest absolute Gasteiger partial charge is 0.342 e. The van der Waals surface area contributed by atoms with Crippen LogP contribution in [0.1, 0.15) is 37.8 Å². The predicted molar refractivity (Wildman–Crippen MR) is 84.3 cm³/mol. The van der Waals surface area contributed by atoms with Gasteiger partial charge >= 0.3 is 0 Å². The molecule has 2 aromatic rings. The summed E-state index contributed by atoms with van der Waals surface area (Å²) in [7, 11) is 1.95. The molecule has 0 spiro atoms. The predicted octanol–water partition coefficient (Wildman–Crippen LogP) is 2.33. The number of rotatable bonds is 2. The molecule has 0 aromatic carbocycles. The van der Waals surface area contributed by atoms with E-state index < -0.39 is 0 Å². The number of pyridine rings is 1. The highest BCUT2D eigenvalue weighted by molar-refractivity contribution is 5.82. The fourth-order valence-electron chi connectivity index (χ4n) is 3.69. The van der Waals surface area contributed by atoms with Crippen molar-refractivity contribution in [3.63, 3.8) is 0 Å². The lowest BCUT2D eigenvalue weighted by Gasteiger charge is -2.31. The molecule has 1 aliphatic heterocycles. The van der Waals surface area contributed by atoms with Crippen LogP contribution in [0.4, 0.5) is 0 Å². The van der Waals surface area contributed by atoms with E-state index in [0.717, 1.165) is 49.1 Å². The summed E-state index contributed by atoms with van der Waals surface area (Å²) < 4.78 is 1.87. The van der Waals surface area contributed by atoms with Crippen molar-refractivity contribution in [2.75, 3.05) is 13.1 Å². The zero-order chi connectivity index (χ0) is 15.3. The Morgan fingerprint density at radius 2 is 2.05 bits per heavy atom.